The summed E-state index contributed by atoms with van der Waals surface area (Å²) in [4.78, 5) is 17.5. The second-order valence-electron chi connectivity index (χ2n) is 8.68. The Morgan fingerprint density at radius 1 is 1.22 bits per heavy atom. The van der Waals surface area contributed by atoms with Crippen LogP contribution in [0, 0.1) is 0 Å². The van der Waals surface area contributed by atoms with Gasteiger partial charge in [0.1, 0.15) is 5.69 Å². The predicted molar refractivity (Wildman–Crippen MR) is 140 cm³/mol. The molecule has 0 saturated carbocycles. The summed E-state index contributed by atoms with van der Waals surface area (Å²) in [5.74, 6) is 0.845. The van der Waals surface area contributed by atoms with Crippen molar-refractivity contribution < 1.29 is 22.4 Å². The van der Waals surface area contributed by atoms with Crippen LogP contribution >= 0.6 is 11.3 Å². The van der Waals surface area contributed by atoms with Crippen molar-refractivity contribution in [2.45, 2.75) is 43.5 Å². The molecule has 1 atom stereocenters. The lowest BCUT2D eigenvalue weighted by Crippen LogP contribution is -2.43. The molecule has 0 radical (unpaired) electrons. The first kappa shape index (κ1) is 24.5. The zero-order chi connectivity index (χ0) is 25.3. The Morgan fingerprint density at radius 2 is 2.03 bits per heavy atom. The maximum absolute atomic E-state index is 13.2. The number of fused-ring (bicyclic) bond motifs is 1. The largest absolute Gasteiger partial charge is 0.493 e. The van der Waals surface area contributed by atoms with Crippen LogP contribution < -0.4 is 10.1 Å². The number of furan rings is 1. The number of carbonyl (C=O) groups is 1. The summed E-state index contributed by atoms with van der Waals surface area (Å²) < 4.78 is 39.2. The molecular formula is C26H27N3O5S2. The molecule has 36 heavy (non-hydrogen) atoms. The fraction of sp³-hybridized carbons (Fsp3) is 0.308. The van der Waals surface area contributed by atoms with Crippen molar-refractivity contribution in [3.8, 4) is 17.2 Å². The Morgan fingerprint density at radius 3 is 2.78 bits per heavy atom. The normalized spacial score (nSPS) is 16.8. The molecule has 4 aromatic rings. The van der Waals surface area contributed by atoms with E-state index in [2.05, 4.69) is 10.3 Å². The van der Waals surface area contributed by atoms with Gasteiger partial charge in [-0.15, -0.1) is 11.3 Å². The molecule has 1 aliphatic heterocycles. The van der Waals surface area contributed by atoms with Crippen LogP contribution in [-0.2, 0) is 10.0 Å². The molecule has 10 heteroatoms. The van der Waals surface area contributed by atoms with E-state index in [1.54, 1.807) is 16.8 Å². The average Bonchev–Trinajstić information content (AvgIpc) is 3.55. The van der Waals surface area contributed by atoms with Gasteiger partial charge in [0.25, 0.3) is 5.91 Å². The molecular weight excluding hydrogens is 498 g/mol. The van der Waals surface area contributed by atoms with Gasteiger partial charge in [-0.3, -0.25) is 10.1 Å². The number of sulfonamides is 1. The second kappa shape index (κ2) is 10.0. The summed E-state index contributed by atoms with van der Waals surface area (Å²) in [6, 6.07) is 13.6. The number of anilines is 1. The van der Waals surface area contributed by atoms with Crippen LogP contribution in [0.1, 0.15) is 43.0 Å². The highest BCUT2D eigenvalue weighted by Gasteiger charge is 2.32. The molecule has 1 amide bonds. The van der Waals surface area contributed by atoms with Gasteiger partial charge in [0.2, 0.25) is 10.0 Å². The number of nitrogens with zero attached hydrogens (tertiary/aromatic N) is 2. The molecule has 1 saturated heterocycles. The number of aromatic nitrogens is 1. The smallest absolute Gasteiger partial charge is 0.257 e. The minimum Gasteiger partial charge on any atom is -0.493 e. The van der Waals surface area contributed by atoms with Crippen LogP contribution in [0.25, 0.3) is 22.4 Å². The van der Waals surface area contributed by atoms with Crippen molar-refractivity contribution >= 4 is 43.4 Å². The monoisotopic (exact) mass is 525 g/mol. The van der Waals surface area contributed by atoms with Crippen LogP contribution in [0.3, 0.4) is 0 Å². The van der Waals surface area contributed by atoms with Gasteiger partial charge in [-0.1, -0.05) is 25.5 Å². The van der Waals surface area contributed by atoms with E-state index in [9.17, 15) is 13.2 Å². The van der Waals surface area contributed by atoms with Gasteiger partial charge in [0, 0.05) is 28.9 Å². The highest BCUT2D eigenvalue weighted by atomic mass is 32.2. The standard InChI is InChI=1S/C26H27N3O5S2/c1-3-19-8-4-5-14-29(19)36(31,32)20-12-10-17(11-13-20)25(30)28-26-27-21(16-35-26)23-15-18-7-6-9-22(33-2)24(18)34-23/h6-7,9-13,15-16,19H,3-5,8,14H2,1-2H3,(H,27,28,30)/t19-/m0/s1. The first-order chi connectivity index (χ1) is 17.4. The van der Waals surface area contributed by atoms with Crippen LogP contribution in [0.15, 0.2) is 63.2 Å². The number of methoxy groups -OCH3 is 1. The van der Waals surface area contributed by atoms with Gasteiger partial charge in [-0.05, 0) is 55.7 Å². The van der Waals surface area contributed by atoms with Crippen LogP contribution in [0.5, 0.6) is 5.75 Å². The van der Waals surface area contributed by atoms with Gasteiger partial charge in [0.05, 0.1) is 12.0 Å². The maximum Gasteiger partial charge on any atom is 0.257 e. The van der Waals surface area contributed by atoms with Gasteiger partial charge < -0.3 is 9.15 Å². The molecule has 2 aromatic carbocycles. The van der Waals surface area contributed by atoms with Crippen molar-refractivity contribution in [1.82, 2.24) is 9.29 Å². The van der Waals surface area contributed by atoms with Gasteiger partial charge in [-0.25, -0.2) is 13.4 Å². The lowest BCUT2D eigenvalue weighted by Gasteiger charge is -2.34. The number of benzene rings is 2. The Balaban J connectivity index is 1.30. The molecule has 8 nitrogen and oxygen atoms in total. The summed E-state index contributed by atoms with van der Waals surface area (Å²) >= 11 is 1.28. The third kappa shape index (κ3) is 4.63. The van der Waals surface area contributed by atoms with E-state index in [0.717, 1.165) is 31.1 Å². The number of rotatable bonds is 7. The van der Waals surface area contributed by atoms with Crippen LogP contribution in [0.4, 0.5) is 5.13 Å². The number of piperidine rings is 1. The molecule has 0 aliphatic carbocycles. The SMILES string of the molecule is CC[C@H]1CCCCN1S(=O)(=O)c1ccc(C(=O)Nc2nc(-c3cc4cccc(OC)c4o3)cs2)cc1. The third-order valence-electron chi connectivity index (χ3n) is 6.47. The lowest BCUT2D eigenvalue weighted by molar-refractivity contribution is 0.102. The molecule has 0 unspecified atom stereocenters. The maximum atomic E-state index is 13.2. The summed E-state index contributed by atoms with van der Waals surface area (Å²) in [6.07, 6.45) is 3.59. The van der Waals surface area contributed by atoms with Gasteiger partial charge >= 0.3 is 0 Å². The number of nitrogens with one attached hydrogen (secondary N) is 1. The van der Waals surface area contributed by atoms with E-state index in [0.29, 0.717) is 40.0 Å². The number of carbonyl (C=O) groups excluding carboxylic acids is 1. The first-order valence-corrected chi connectivity index (χ1v) is 14.2. The van der Waals surface area contributed by atoms with E-state index in [4.69, 9.17) is 9.15 Å². The third-order valence-corrected chi connectivity index (χ3v) is 9.20. The molecule has 3 heterocycles. The van der Waals surface area contributed by atoms with E-state index in [-0.39, 0.29) is 16.8 Å². The minimum absolute atomic E-state index is 0.0265. The average molecular weight is 526 g/mol. The van der Waals surface area contributed by atoms with Crippen molar-refractivity contribution in [3.05, 3.63) is 59.5 Å². The molecule has 0 spiro atoms. The van der Waals surface area contributed by atoms with Crippen molar-refractivity contribution in [2.75, 3.05) is 19.0 Å². The fourth-order valence-electron chi connectivity index (χ4n) is 4.55. The molecule has 1 N–H and O–H groups in total. The van der Waals surface area contributed by atoms with Gasteiger partial charge in [0.15, 0.2) is 22.2 Å². The zero-order valence-corrected chi connectivity index (χ0v) is 21.7. The molecule has 5 rings (SSSR count). The summed E-state index contributed by atoms with van der Waals surface area (Å²) in [5, 5.41) is 5.90. The van der Waals surface area contributed by atoms with Gasteiger partial charge in [-0.2, -0.15) is 4.31 Å². The minimum atomic E-state index is -3.60. The predicted octanol–water partition coefficient (Wildman–Crippen LogP) is 5.77. The Hall–Kier alpha value is -3.21. The molecule has 1 aliphatic rings. The van der Waals surface area contributed by atoms with Crippen molar-refractivity contribution in [3.63, 3.8) is 0 Å². The van der Waals surface area contributed by atoms with E-state index < -0.39 is 10.0 Å². The number of hydrogen-bond donors (Lipinski definition) is 1. The zero-order valence-electron chi connectivity index (χ0n) is 20.1. The highest BCUT2D eigenvalue weighted by Crippen LogP contribution is 2.34. The summed E-state index contributed by atoms with van der Waals surface area (Å²) in [5.41, 5.74) is 1.59. The molecule has 188 valence electrons. The first-order valence-electron chi connectivity index (χ1n) is 11.9. The number of hydrogen-bond acceptors (Lipinski definition) is 7. The number of para-hydroxylation sites is 1. The Bertz CT molecular complexity index is 1490. The lowest BCUT2D eigenvalue weighted by atomic mass is 10.0. The van der Waals surface area contributed by atoms with E-state index >= 15 is 0 Å². The quantitative estimate of drug-likeness (QED) is 0.329. The fourth-order valence-corrected chi connectivity index (χ4v) is 7.01. The molecule has 1 fully saturated rings. The van der Waals surface area contributed by atoms with Crippen LogP contribution in [-0.4, -0.2) is 43.3 Å². The van der Waals surface area contributed by atoms with E-state index in [1.807, 2.05) is 31.2 Å². The molecule has 0 bridgehead atoms. The molecule has 2 aromatic heterocycles. The number of amides is 1. The topological polar surface area (TPSA) is 102 Å². The number of thiazole rings is 1. The highest BCUT2D eigenvalue weighted by molar-refractivity contribution is 7.89. The van der Waals surface area contributed by atoms with Crippen LogP contribution in [0.2, 0.25) is 0 Å². The summed E-state index contributed by atoms with van der Waals surface area (Å²) in [7, 11) is -2.01. The Labute approximate surface area is 214 Å². The number of ether oxygens (including phenoxy) is 1. The van der Waals surface area contributed by atoms with Crippen molar-refractivity contribution in [2.24, 2.45) is 0 Å². The second-order valence-corrected chi connectivity index (χ2v) is 11.4. The summed E-state index contributed by atoms with van der Waals surface area (Å²) in [6.45, 7) is 2.55. The Kier molecular flexibility index (Phi) is 6.83. The van der Waals surface area contributed by atoms with Crippen molar-refractivity contribution in [1.29, 1.82) is 0 Å². The van der Waals surface area contributed by atoms with E-state index in [1.165, 1.54) is 35.6 Å².